The van der Waals surface area contributed by atoms with Crippen LogP contribution in [0.5, 0.6) is 5.75 Å². The molecule has 0 spiro atoms. The Labute approximate surface area is 130 Å². The number of halogens is 2. The van der Waals surface area contributed by atoms with Gasteiger partial charge in [-0.1, -0.05) is 26.7 Å². The lowest BCUT2D eigenvalue weighted by Gasteiger charge is -2.09. The summed E-state index contributed by atoms with van der Waals surface area (Å²) in [6, 6.07) is 4.51. The fraction of sp³-hybridized carbons (Fsp3) is 0.625. The fourth-order valence-electron chi connectivity index (χ4n) is 1.87. The van der Waals surface area contributed by atoms with E-state index in [-0.39, 0.29) is 5.82 Å². The lowest BCUT2D eigenvalue weighted by molar-refractivity contribution is 0.301. The van der Waals surface area contributed by atoms with Crippen molar-refractivity contribution in [2.24, 2.45) is 5.92 Å². The van der Waals surface area contributed by atoms with Crippen molar-refractivity contribution in [3.8, 4) is 5.75 Å². The number of hydrogen-bond donors (Lipinski definition) is 1. The van der Waals surface area contributed by atoms with E-state index in [1.807, 2.05) is 0 Å². The van der Waals surface area contributed by atoms with E-state index in [1.54, 1.807) is 6.07 Å². The van der Waals surface area contributed by atoms with Crippen LogP contribution in [0.3, 0.4) is 0 Å². The Morgan fingerprint density at radius 1 is 1.20 bits per heavy atom. The molecule has 1 aromatic rings. The van der Waals surface area contributed by atoms with Gasteiger partial charge in [0.2, 0.25) is 0 Å². The summed E-state index contributed by atoms with van der Waals surface area (Å²) >= 11 is 3.35. The van der Waals surface area contributed by atoms with Gasteiger partial charge in [0.15, 0.2) is 0 Å². The molecule has 0 unspecified atom stereocenters. The first-order valence-corrected chi connectivity index (χ1v) is 8.17. The molecule has 0 bridgehead atoms. The molecule has 0 fully saturated rings. The van der Waals surface area contributed by atoms with Gasteiger partial charge >= 0.3 is 0 Å². The van der Waals surface area contributed by atoms with E-state index in [0.29, 0.717) is 18.3 Å². The molecular formula is C16H25BrFNO. The number of nitrogens with one attached hydrogen (secondary N) is 1. The minimum Gasteiger partial charge on any atom is -0.492 e. The molecule has 0 radical (unpaired) electrons. The van der Waals surface area contributed by atoms with E-state index in [2.05, 4.69) is 35.1 Å². The molecule has 1 rings (SSSR count). The molecular weight excluding hydrogens is 321 g/mol. The molecule has 0 heterocycles. The molecule has 0 saturated heterocycles. The molecule has 2 nitrogen and oxygen atoms in total. The van der Waals surface area contributed by atoms with Gasteiger partial charge in [0.25, 0.3) is 0 Å². The zero-order valence-corrected chi connectivity index (χ0v) is 14.0. The second-order valence-electron chi connectivity index (χ2n) is 5.44. The number of benzene rings is 1. The minimum atomic E-state index is -0.264. The smallest absolute Gasteiger partial charge is 0.136 e. The van der Waals surface area contributed by atoms with Crippen LogP contribution in [0.25, 0.3) is 0 Å². The first-order valence-electron chi connectivity index (χ1n) is 7.38. The minimum absolute atomic E-state index is 0.264. The average molecular weight is 346 g/mol. The molecule has 114 valence electrons. The van der Waals surface area contributed by atoms with E-state index < -0.39 is 0 Å². The zero-order valence-electron chi connectivity index (χ0n) is 12.4. The highest BCUT2D eigenvalue weighted by Gasteiger charge is 2.02. The molecule has 1 N–H and O–H groups in total. The molecule has 20 heavy (non-hydrogen) atoms. The van der Waals surface area contributed by atoms with E-state index in [0.717, 1.165) is 30.4 Å². The number of ether oxygens (including phenoxy) is 1. The van der Waals surface area contributed by atoms with Gasteiger partial charge in [-0.15, -0.1) is 0 Å². The summed E-state index contributed by atoms with van der Waals surface area (Å²) in [4.78, 5) is 0. The van der Waals surface area contributed by atoms with Crippen LogP contribution in [-0.4, -0.2) is 19.7 Å². The summed E-state index contributed by atoms with van der Waals surface area (Å²) in [5, 5.41) is 3.44. The zero-order chi connectivity index (χ0) is 14.8. The van der Waals surface area contributed by atoms with Gasteiger partial charge in [-0.25, -0.2) is 4.39 Å². The van der Waals surface area contributed by atoms with Gasteiger partial charge in [0.1, 0.15) is 11.6 Å². The highest BCUT2D eigenvalue weighted by Crippen LogP contribution is 2.25. The monoisotopic (exact) mass is 345 g/mol. The van der Waals surface area contributed by atoms with Crippen LogP contribution >= 0.6 is 15.9 Å². The number of hydrogen-bond acceptors (Lipinski definition) is 2. The maximum atomic E-state index is 13.0. The third-order valence-electron chi connectivity index (χ3n) is 2.95. The lowest BCUT2D eigenvalue weighted by atomic mass is 10.2. The fourth-order valence-corrected chi connectivity index (χ4v) is 2.23. The third-order valence-corrected chi connectivity index (χ3v) is 3.61. The van der Waals surface area contributed by atoms with Crippen molar-refractivity contribution >= 4 is 15.9 Å². The van der Waals surface area contributed by atoms with Gasteiger partial charge in [-0.05, 0) is 59.9 Å². The highest BCUT2D eigenvalue weighted by molar-refractivity contribution is 9.10. The Morgan fingerprint density at radius 3 is 2.70 bits per heavy atom. The van der Waals surface area contributed by atoms with Gasteiger partial charge in [0.05, 0.1) is 11.1 Å². The van der Waals surface area contributed by atoms with Gasteiger partial charge in [-0.3, -0.25) is 0 Å². The summed E-state index contributed by atoms with van der Waals surface area (Å²) in [6.45, 7) is 7.26. The molecule has 0 atom stereocenters. The Morgan fingerprint density at radius 2 is 1.95 bits per heavy atom. The molecule has 0 aromatic heterocycles. The van der Waals surface area contributed by atoms with Crippen molar-refractivity contribution in [2.75, 3.05) is 19.7 Å². The third kappa shape index (κ3) is 7.85. The summed E-state index contributed by atoms with van der Waals surface area (Å²) in [5.41, 5.74) is 0. The Balaban J connectivity index is 2.01. The molecule has 0 amide bonds. The van der Waals surface area contributed by atoms with E-state index in [9.17, 15) is 4.39 Å². The molecule has 0 aliphatic carbocycles. The molecule has 4 heteroatoms. The largest absolute Gasteiger partial charge is 0.492 e. The molecule has 0 saturated carbocycles. The van der Waals surface area contributed by atoms with Crippen LogP contribution in [0, 0.1) is 11.7 Å². The Bertz CT molecular complexity index is 385. The van der Waals surface area contributed by atoms with E-state index in [1.165, 1.54) is 25.0 Å². The van der Waals surface area contributed by atoms with Crippen LogP contribution in [0.2, 0.25) is 0 Å². The predicted molar refractivity (Wildman–Crippen MR) is 85.8 cm³/mol. The van der Waals surface area contributed by atoms with Crippen LogP contribution in [0.4, 0.5) is 4.39 Å². The normalized spacial score (nSPS) is 11.1. The highest BCUT2D eigenvalue weighted by atomic mass is 79.9. The summed E-state index contributed by atoms with van der Waals surface area (Å²) in [6.07, 6.45) is 4.57. The predicted octanol–water partition coefficient (Wildman–Crippen LogP) is 4.77. The molecule has 0 aliphatic heterocycles. The first kappa shape index (κ1) is 17.4. The van der Waals surface area contributed by atoms with Gasteiger partial charge in [-0.2, -0.15) is 0 Å². The first-order chi connectivity index (χ1) is 9.59. The average Bonchev–Trinajstić information content (AvgIpc) is 2.40. The van der Waals surface area contributed by atoms with Crippen molar-refractivity contribution in [1.29, 1.82) is 0 Å². The van der Waals surface area contributed by atoms with Crippen LogP contribution in [0.15, 0.2) is 22.7 Å². The van der Waals surface area contributed by atoms with Crippen molar-refractivity contribution in [3.63, 3.8) is 0 Å². The van der Waals surface area contributed by atoms with E-state index in [4.69, 9.17) is 4.74 Å². The van der Waals surface area contributed by atoms with Gasteiger partial charge < -0.3 is 10.1 Å². The molecule has 1 aromatic carbocycles. The number of rotatable bonds is 10. The maximum absolute atomic E-state index is 13.0. The Hall–Kier alpha value is -0.610. The van der Waals surface area contributed by atoms with Crippen LogP contribution in [0.1, 0.15) is 39.5 Å². The van der Waals surface area contributed by atoms with Crippen molar-refractivity contribution in [3.05, 3.63) is 28.5 Å². The standard InChI is InChI=1S/C16H25BrFNO/c1-13(2)12-19-9-5-3-4-6-10-20-16-11-14(18)7-8-15(16)17/h7-8,11,13,19H,3-6,9-10,12H2,1-2H3. The SMILES string of the molecule is CC(C)CNCCCCCCOc1cc(F)ccc1Br. The van der Waals surface area contributed by atoms with Gasteiger partial charge in [0, 0.05) is 6.07 Å². The summed E-state index contributed by atoms with van der Waals surface area (Å²) < 4.78 is 19.4. The second kappa shape index (κ2) is 10.2. The maximum Gasteiger partial charge on any atom is 0.136 e. The van der Waals surface area contributed by atoms with Crippen molar-refractivity contribution < 1.29 is 9.13 Å². The van der Waals surface area contributed by atoms with Crippen LogP contribution < -0.4 is 10.1 Å². The molecule has 0 aliphatic rings. The van der Waals surface area contributed by atoms with Crippen molar-refractivity contribution in [2.45, 2.75) is 39.5 Å². The lowest BCUT2D eigenvalue weighted by Crippen LogP contribution is -2.20. The quantitative estimate of drug-likeness (QED) is 0.616. The summed E-state index contributed by atoms with van der Waals surface area (Å²) in [7, 11) is 0. The van der Waals surface area contributed by atoms with Crippen molar-refractivity contribution in [1.82, 2.24) is 5.32 Å². The van der Waals surface area contributed by atoms with E-state index >= 15 is 0 Å². The van der Waals surface area contributed by atoms with Crippen LogP contribution in [-0.2, 0) is 0 Å². The summed E-state index contributed by atoms with van der Waals surface area (Å²) in [5.74, 6) is 1.04. The second-order valence-corrected chi connectivity index (χ2v) is 6.29. The Kier molecular flexibility index (Phi) is 8.86. The number of unbranched alkanes of at least 4 members (excludes halogenated alkanes) is 3. The topological polar surface area (TPSA) is 21.3 Å².